The molecular formula is C25H30N2OS. The zero-order valence-electron chi connectivity index (χ0n) is 18.2. The third-order valence-corrected chi connectivity index (χ3v) is 5.99. The van der Waals surface area contributed by atoms with Gasteiger partial charge in [-0.3, -0.25) is 9.69 Å². The van der Waals surface area contributed by atoms with Gasteiger partial charge < -0.3 is 4.90 Å². The minimum atomic E-state index is -0.0620. The fraction of sp³-hybridized carbons (Fsp3) is 0.360. The Morgan fingerprint density at radius 1 is 0.966 bits per heavy atom. The van der Waals surface area contributed by atoms with Crippen LogP contribution in [0.25, 0.3) is 6.08 Å². The monoisotopic (exact) mass is 406 g/mol. The predicted octanol–water partition coefficient (Wildman–Crippen LogP) is 5.71. The Balaban J connectivity index is 2.02. The lowest BCUT2D eigenvalue weighted by Gasteiger charge is -2.22. The maximum Gasteiger partial charge on any atom is 0.281 e. The molecule has 0 spiro atoms. The zero-order chi connectivity index (χ0) is 21.3. The Hall–Kier alpha value is -2.46. The van der Waals surface area contributed by atoms with Crippen LogP contribution < -0.4 is 4.90 Å². The first-order valence-corrected chi connectivity index (χ1v) is 10.6. The molecular weight excluding hydrogens is 376 g/mol. The quantitative estimate of drug-likeness (QED) is 0.480. The highest BCUT2D eigenvalue weighted by Crippen LogP contribution is 2.34. The average Bonchev–Trinajstić information content (AvgIpc) is 2.90. The number of thiocarbonyl (C=S) groups is 1. The van der Waals surface area contributed by atoms with Gasteiger partial charge in [0.2, 0.25) is 0 Å². The molecule has 1 heterocycles. The van der Waals surface area contributed by atoms with Crippen LogP contribution in [0.4, 0.5) is 5.69 Å². The van der Waals surface area contributed by atoms with Crippen molar-refractivity contribution in [3.63, 3.8) is 0 Å². The smallest absolute Gasteiger partial charge is 0.281 e. The van der Waals surface area contributed by atoms with Crippen LogP contribution in [0.2, 0.25) is 0 Å². The second-order valence-electron chi connectivity index (χ2n) is 8.52. The molecule has 1 aliphatic heterocycles. The van der Waals surface area contributed by atoms with Crippen molar-refractivity contribution in [3.8, 4) is 0 Å². The van der Waals surface area contributed by atoms with Gasteiger partial charge in [0.15, 0.2) is 5.11 Å². The largest absolute Gasteiger partial charge is 0.317 e. The normalized spacial score (nSPS) is 16.3. The Morgan fingerprint density at radius 3 is 2.00 bits per heavy atom. The van der Waals surface area contributed by atoms with E-state index < -0.39 is 0 Å². The van der Waals surface area contributed by atoms with E-state index in [9.17, 15) is 4.79 Å². The molecule has 3 rings (SSSR count). The number of amides is 1. The van der Waals surface area contributed by atoms with Crippen molar-refractivity contribution in [2.75, 3.05) is 11.9 Å². The summed E-state index contributed by atoms with van der Waals surface area (Å²) < 4.78 is 0. The van der Waals surface area contributed by atoms with Crippen molar-refractivity contribution in [2.45, 2.75) is 52.9 Å². The van der Waals surface area contributed by atoms with Crippen molar-refractivity contribution in [1.82, 2.24) is 4.90 Å². The molecule has 0 saturated carbocycles. The van der Waals surface area contributed by atoms with Gasteiger partial charge >= 0.3 is 0 Å². The number of para-hydroxylation sites is 1. The minimum absolute atomic E-state index is 0.0620. The molecule has 4 heteroatoms. The third kappa shape index (κ3) is 3.99. The van der Waals surface area contributed by atoms with E-state index in [0.717, 1.165) is 35.2 Å². The number of hydrogen-bond acceptors (Lipinski definition) is 2. The summed E-state index contributed by atoms with van der Waals surface area (Å²) in [5, 5.41) is 0.531. The van der Waals surface area contributed by atoms with Gasteiger partial charge in [0.05, 0.1) is 5.69 Å². The van der Waals surface area contributed by atoms with E-state index in [1.54, 1.807) is 4.90 Å². The number of likely N-dealkylation sites (N-methyl/N-ethyl adjacent to an activating group) is 1. The zero-order valence-corrected chi connectivity index (χ0v) is 19.1. The second-order valence-corrected chi connectivity index (χ2v) is 8.88. The van der Waals surface area contributed by atoms with E-state index >= 15 is 0 Å². The lowest BCUT2D eigenvalue weighted by molar-refractivity contribution is -0.114. The number of carbonyl (C=O) groups is 1. The highest BCUT2D eigenvalue weighted by molar-refractivity contribution is 7.80. The van der Waals surface area contributed by atoms with Crippen LogP contribution in [0.1, 0.15) is 56.9 Å². The molecule has 0 N–H and O–H groups in total. The summed E-state index contributed by atoms with van der Waals surface area (Å²) >= 11 is 5.69. The number of rotatable bonds is 4. The fourth-order valence-corrected chi connectivity index (χ4v) is 3.97. The molecule has 0 aromatic heterocycles. The van der Waals surface area contributed by atoms with E-state index in [0.29, 0.717) is 10.8 Å². The first kappa shape index (κ1) is 21.3. The minimum Gasteiger partial charge on any atom is -0.317 e. The number of hydrogen-bond donors (Lipinski definition) is 0. The van der Waals surface area contributed by atoms with Crippen LogP contribution in [0, 0.1) is 0 Å². The molecule has 0 radical (unpaired) electrons. The molecule has 1 saturated heterocycles. The first-order valence-electron chi connectivity index (χ1n) is 10.2. The average molecular weight is 407 g/mol. The van der Waals surface area contributed by atoms with Crippen LogP contribution in [0.15, 0.2) is 48.2 Å². The molecule has 2 aromatic carbocycles. The number of benzene rings is 2. The van der Waals surface area contributed by atoms with Crippen molar-refractivity contribution in [2.24, 2.45) is 0 Å². The van der Waals surface area contributed by atoms with Crippen molar-refractivity contribution >= 4 is 35.0 Å². The molecule has 152 valence electrons. The Labute approximate surface area is 180 Å². The number of anilines is 1. The maximum absolute atomic E-state index is 13.4. The van der Waals surface area contributed by atoms with Crippen LogP contribution in [0.5, 0.6) is 0 Å². The lowest BCUT2D eigenvalue weighted by atomic mass is 9.86. The summed E-state index contributed by atoms with van der Waals surface area (Å²) in [7, 11) is 1.87. The van der Waals surface area contributed by atoms with Gasteiger partial charge in [-0.05, 0) is 58.8 Å². The highest BCUT2D eigenvalue weighted by Gasteiger charge is 2.38. The molecule has 1 amide bonds. The van der Waals surface area contributed by atoms with Crippen molar-refractivity contribution < 1.29 is 4.79 Å². The van der Waals surface area contributed by atoms with Gasteiger partial charge in [-0.2, -0.15) is 0 Å². The number of aryl methyl sites for hydroxylation is 2. The molecule has 0 bridgehead atoms. The maximum atomic E-state index is 13.4. The molecule has 0 unspecified atom stereocenters. The lowest BCUT2D eigenvalue weighted by Crippen LogP contribution is -2.32. The Kier molecular flexibility index (Phi) is 5.95. The summed E-state index contributed by atoms with van der Waals surface area (Å²) in [4.78, 5) is 17.0. The van der Waals surface area contributed by atoms with E-state index in [4.69, 9.17) is 12.2 Å². The summed E-state index contributed by atoms with van der Waals surface area (Å²) in [6.45, 7) is 10.8. The van der Waals surface area contributed by atoms with Gasteiger partial charge in [-0.1, -0.05) is 77.1 Å². The SMILES string of the molecule is CCc1cccc(CC)c1N1C(=O)C(=Cc2ccc(C(C)(C)C)cc2)N(C)C1=S. The molecule has 1 aliphatic rings. The van der Waals surface area contributed by atoms with Crippen LogP contribution in [-0.4, -0.2) is 23.0 Å². The Morgan fingerprint density at radius 2 is 1.52 bits per heavy atom. The van der Waals surface area contributed by atoms with Crippen LogP contribution >= 0.6 is 12.2 Å². The van der Waals surface area contributed by atoms with Crippen LogP contribution in [-0.2, 0) is 23.1 Å². The molecule has 3 nitrogen and oxygen atoms in total. The third-order valence-electron chi connectivity index (χ3n) is 5.53. The summed E-state index contributed by atoms with van der Waals surface area (Å²) in [6, 6.07) is 14.6. The van der Waals surface area contributed by atoms with Crippen molar-refractivity contribution in [1.29, 1.82) is 0 Å². The molecule has 0 aliphatic carbocycles. The van der Waals surface area contributed by atoms with E-state index in [2.05, 4.69) is 77.1 Å². The van der Waals surface area contributed by atoms with Crippen LogP contribution in [0.3, 0.4) is 0 Å². The van der Waals surface area contributed by atoms with E-state index in [1.165, 1.54) is 5.56 Å². The van der Waals surface area contributed by atoms with Gasteiger partial charge in [0.25, 0.3) is 5.91 Å². The molecule has 29 heavy (non-hydrogen) atoms. The first-order chi connectivity index (χ1) is 13.7. The van der Waals surface area contributed by atoms with Gasteiger partial charge in [0.1, 0.15) is 5.70 Å². The predicted molar refractivity (Wildman–Crippen MR) is 126 cm³/mol. The van der Waals surface area contributed by atoms with Gasteiger partial charge in [-0.25, -0.2) is 0 Å². The van der Waals surface area contributed by atoms with E-state index in [1.807, 2.05) is 18.0 Å². The summed E-state index contributed by atoms with van der Waals surface area (Å²) in [5.74, 6) is -0.0620. The topological polar surface area (TPSA) is 23.6 Å². The molecule has 1 fully saturated rings. The fourth-order valence-electron chi connectivity index (χ4n) is 3.69. The second kappa shape index (κ2) is 8.11. The Bertz CT molecular complexity index is 945. The van der Waals surface area contributed by atoms with E-state index in [-0.39, 0.29) is 11.3 Å². The molecule has 0 atom stereocenters. The van der Waals surface area contributed by atoms with Gasteiger partial charge in [0, 0.05) is 7.05 Å². The highest BCUT2D eigenvalue weighted by atomic mass is 32.1. The standard InChI is InChI=1S/C25H30N2OS/c1-7-18-10-9-11-19(8-2)22(18)27-23(28)21(26(6)24(27)29)16-17-12-14-20(15-13-17)25(3,4)5/h9-16H,7-8H2,1-6H3. The summed E-state index contributed by atoms with van der Waals surface area (Å²) in [6.07, 6.45) is 3.64. The number of nitrogens with zero attached hydrogens (tertiary/aromatic N) is 2. The molecule has 2 aromatic rings. The number of carbonyl (C=O) groups excluding carboxylic acids is 1. The van der Waals surface area contributed by atoms with Crippen molar-refractivity contribution in [3.05, 3.63) is 70.4 Å². The van der Waals surface area contributed by atoms with Gasteiger partial charge in [-0.15, -0.1) is 0 Å². The summed E-state index contributed by atoms with van der Waals surface area (Å²) in [5.41, 5.74) is 6.21.